The summed E-state index contributed by atoms with van der Waals surface area (Å²) in [7, 11) is 0. The minimum Gasteiger partial charge on any atom is -0.376 e. The van der Waals surface area contributed by atoms with Crippen LogP contribution in [0.15, 0.2) is 61.9 Å². The van der Waals surface area contributed by atoms with E-state index in [2.05, 4.69) is 79.3 Å². The lowest BCUT2D eigenvalue weighted by Crippen LogP contribution is -2.29. The molecule has 2 heteroatoms. The van der Waals surface area contributed by atoms with Gasteiger partial charge in [0.15, 0.2) is 0 Å². The van der Waals surface area contributed by atoms with E-state index in [0.717, 1.165) is 19.5 Å². The molecule has 0 heterocycles. The van der Waals surface area contributed by atoms with Crippen molar-refractivity contribution in [3.8, 4) is 0 Å². The van der Waals surface area contributed by atoms with E-state index >= 15 is 0 Å². The van der Waals surface area contributed by atoms with Crippen molar-refractivity contribution in [3.05, 3.63) is 61.9 Å². The molecule has 0 N–H and O–H groups in total. The molecule has 0 aromatic heterocycles. The molecule has 0 amide bonds. The SMILES string of the molecule is C=C/C=C\C(=C)C(CCC)CN(C=C)CC(I)/C=C\C. The Morgan fingerprint density at radius 3 is 2.50 bits per heavy atom. The smallest absolute Gasteiger partial charge is 0.0464 e. The topological polar surface area (TPSA) is 3.24 Å². The third kappa shape index (κ3) is 8.41. The first-order chi connectivity index (χ1) is 9.58. The van der Waals surface area contributed by atoms with Crippen LogP contribution < -0.4 is 0 Å². The Labute approximate surface area is 139 Å². The van der Waals surface area contributed by atoms with Gasteiger partial charge in [-0.05, 0) is 19.5 Å². The number of allylic oxidation sites excluding steroid dienone is 4. The molecule has 0 bridgehead atoms. The van der Waals surface area contributed by atoms with Gasteiger partial charge < -0.3 is 4.90 Å². The standard InChI is InChI=1S/C18H28IN/c1-6-10-13-16(5)17(11-7-2)14-20(9-4)15-18(19)12-8-3/h6,8-10,12-13,17-18H,1,4-5,7,11,14-15H2,2-3H3/b12-8-,13-10-. The maximum Gasteiger partial charge on any atom is 0.0464 e. The van der Waals surface area contributed by atoms with Crippen molar-refractivity contribution < 1.29 is 0 Å². The molecule has 2 atom stereocenters. The van der Waals surface area contributed by atoms with Crippen LogP contribution in [-0.4, -0.2) is 21.9 Å². The van der Waals surface area contributed by atoms with E-state index in [-0.39, 0.29) is 0 Å². The molecule has 0 aliphatic rings. The second-order valence-electron chi connectivity index (χ2n) is 4.83. The Morgan fingerprint density at radius 1 is 1.30 bits per heavy atom. The number of alkyl halides is 1. The Bertz CT molecular complexity index is 354. The van der Waals surface area contributed by atoms with Gasteiger partial charge in [-0.15, -0.1) is 0 Å². The van der Waals surface area contributed by atoms with E-state index in [1.54, 1.807) is 6.08 Å². The summed E-state index contributed by atoms with van der Waals surface area (Å²) in [5.41, 5.74) is 1.18. The van der Waals surface area contributed by atoms with E-state index in [1.165, 1.54) is 12.0 Å². The molecule has 1 nitrogen and oxygen atoms in total. The van der Waals surface area contributed by atoms with Gasteiger partial charge in [0.2, 0.25) is 0 Å². The number of halogens is 1. The van der Waals surface area contributed by atoms with Gasteiger partial charge in [-0.3, -0.25) is 0 Å². The zero-order chi connectivity index (χ0) is 15.4. The molecule has 112 valence electrons. The fourth-order valence-corrected chi connectivity index (χ4v) is 2.99. The van der Waals surface area contributed by atoms with Crippen molar-refractivity contribution in [1.82, 2.24) is 4.90 Å². The number of hydrogen-bond donors (Lipinski definition) is 0. The van der Waals surface area contributed by atoms with Crippen molar-refractivity contribution in [2.45, 2.75) is 30.6 Å². The van der Waals surface area contributed by atoms with Gasteiger partial charge in [-0.25, -0.2) is 0 Å². The molecule has 0 aromatic carbocycles. The van der Waals surface area contributed by atoms with Crippen LogP contribution in [0, 0.1) is 5.92 Å². The highest BCUT2D eigenvalue weighted by Gasteiger charge is 2.14. The summed E-state index contributed by atoms with van der Waals surface area (Å²) in [6.45, 7) is 18.1. The lowest BCUT2D eigenvalue weighted by Gasteiger charge is -2.27. The summed E-state index contributed by atoms with van der Waals surface area (Å²) in [6.07, 6.45) is 14.4. The zero-order valence-electron chi connectivity index (χ0n) is 12.9. The van der Waals surface area contributed by atoms with Crippen LogP contribution in [0.3, 0.4) is 0 Å². The minimum atomic E-state index is 0.475. The summed E-state index contributed by atoms with van der Waals surface area (Å²) in [6, 6.07) is 0. The third-order valence-corrected chi connectivity index (χ3v) is 3.94. The molecule has 0 aromatic rings. The summed E-state index contributed by atoms with van der Waals surface area (Å²) in [5.74, 6) is 0.475. The molecule has 0 aliphatic heterocycles. The van der Waals surface area contributed by atoms with Crippen molar-refractivity contribution in [3.63, 3.8) is 0 Å². The van der Waals surface area contributed by atoms with E-state index in [4.69, 9.17) is 0 Å². The molecule has 0 saturated heterocycles. The average Bonchev–Trinajstić information content (AvgIpc) is 2.43. The van der Waals surface area contributed by atoms with E-state index in [0.29, 0.717) is 9.84 Å². The molecule has 0 fully saturated rings. The molecule has 0 aliphatic carbocycles. The van der Waals surface area contributed by atoms with Gasteiger partial charge in [0.05, 0.1) is 0 Å². The highest BCUT2D eigenvalue weighted by atomic mass is 127. The Morgan fingerprint density at radius 2 is 2.00 bits per heavy atom. The van der Waals surface area contributed by atoms with Crippen molar-refractivity contribution in [2.75, 3.05) is 13.1 Å². The molecule has 0 spiro atoms. The summed E-state index contributed by atoms with van der Waals surface area (Å²) >= 11 is 2.46. The Hall–Kier alpha value is -0.770. The fourth-order valence-electron chi connectivity index (χ4n) is 2.07. The van der Waals surface area contributed by atoms with Gasteiger partial charge in [0.25, 0.3) is 0 Å². The van der Waals surface area contributed by atoms with Crippen LogP contribution in [-0.2, 0) is 0 Å². The lowest BCUT2D eigenvalue weighted by molar-refractivity contribution is 0.330. The first kappa shape index (κ1) is 19.2. The van der Waals surface area contributed by atoms with Crippen LogP contribution in [0.1, 0.15) is 26.7 Å². The van der Waals surface area contributed by atoms with Gasteiger partial charge in [-0.1, -0.05) is 91.6 Å². The summed E-state index contributed by atoms with van der Waals surface area (Å²) in [5, 5.41) is 0. The molecule has 0 radical (unpaired) electrons. The molecular weight excluding hydrogens is 357 g/mol. The van der Waals surface area contributed by atoms with Crippen LogP contribution in [0.5, 0.6) is 0 Å². The number of rotatable bonds is 11. The molecular formula is C18H28IN. The predicted octanol–water partition coefficient (Wildman–Crippen LogP) is 5.53. The van der Waals surface area contributed by atoms with Crippen LogP contribution in [0.25, 0.3) is 0 Å². The normalized spacial score (nSPS) is 14.3. The highest BCUT2D eigenvalue weighted by molar-refractivity contribution is 14.1. The van der Waals surface area contributed by atoms with Gasteiger partial charge in [0.1, 0.15) is 0 Å². The third-order valence-electron chi connectivity index (χ3n) is 3.13. The summed E-state index contributed by atoms with van der Waals surface area (Å²) < 4.78 is 0.509. The van der Waals surface area contributed by atoms with E-state index < -0.39 is 0 Å². The van der Waals surface area contributed by atoms with Gasteiger partial charge in [-0.2, -0.15) is 0 Å². The predicted molar refractivity (Wildman–Crippen MR) is 101 cm³/mol. The molecule has 2 unspecified atom stereocenters. The monoisotopic (exact) mass is 385 g/mol. The van der Waals surface area contributed by atoms with E-state index in [9.17, 15) is 0 Å². The highest BCUT2D eigenvalue weighted by Crippen LogP contribution is 2.20. The second kappa shape index (κ2) is 12.0. The second-order valence-corrected chi connectivity index (χ2v) is 6.43. The molecule has 0 rings (SSSR count). The fraction of sp³-hybridized carbons (Fsp3) is 0.444. The maximum absolute atomic E-state index is 4.20. The first-order valence-corrected chi connectivity index (χ1v) is 8.44. The number of nitrogens with zero attached hydrogens (tertiary/aromatic N) is 1. The molecule has 0 saturated carbocycles. The maximum atomic E-state index is 4.20. The molecule has 20 heavy (non-hydrogen) atoms. The van der Waals surface area contributed by atoms with Crippen LogP contribution in [0.4, 0.5) is 0 Å². The van der Waals surface area contributed by atoms with Crippen molar-refractivity contribution in [1.29, 1.82) is 0 Å². The number of hydrogen-bond acceptors (Lipinski definition) is 1. The Kier molecular flexibility index (Phi) is 11.5. The van der Waals surface area contributed by atoms with Crippen LogP contribution >= 0.6 is 22.6 Å². The summed E-state index contributed by atoms with van der Waals surface area (Å²) in [4.78, 5) is 2.30. The van der Waals surface area contributed by atoms with Crippen molar-refractivity contribution in [2.24, 2.45) is 5.92 Å². The van der Waals surface area contributed by atoms with Gasteiger partial charge in [0, 0.05) is 22.9 Å². The van der Waals surface area contributed by atoms with E-state index in [1.807, 2.05) is 12.3 Å². The quantitative estimate of drug-likeness (QED) is 0.196. The lowest BCUT2D eigenvalue weighted by atomic mass is 9.94. The zero-order valence-corrected chi connectivity index (χ0v) is 15.1. The van der Waals surface area contributed by atoms with Crippen LogP contribution in [0.2, 0.25) is 0 Å². The van der Waals surface area contributed by atoms with Crippen molar-refractivity contribution >= 4 is 22.6 Å². The minimum absolute atomic E-state index is 0.475. The largest absolute Gasteiger partial charge is 0.376 e. The average molecular weight is 385 g/mol. The van der Waals surface area contributed by atoms with Gasteiger partial charge >= 0.3 is 0 Å². The first-order valence-electron chi connectivity index (χ1n) is 7.20. The Balaban J connectivity index is 4.67.